The molecule has 0 amide bonds. The Balaban J connectivity index is 1.49. The van der Waals surface area contributed by atoms with Crippen LogP contribution in [0, 0.1) is 12.8 Å². The van der Waals surface area contributed by atoms with E-state index in [1.807, 2.05) is 19.1 Å². The number of hydrogen-bond acceptors (Lipinski definition) is 7. The smallest absolute Gasteiger partial charge is 0.259 e. The Morgan fingerprint density at radius 1 is 0.900 bits per heavy atom. The molecule has 7 heteroatoms. The van der Waals surface area contributed by atoms with E-state index in [0.717, 1.165) is 35.2 Å². The fraction of sp³-hybridized carbons (Fsp3) is 0.261. The van der Waals surface area contributed by atoms with Crippen LogP contribution in [0.4, 0.5) is 5.95 Å². The van der Waals surface area contributed by atoms with E-state index >= 15 is 0 Å². The van der Waals surface area contributed by atoms with Gasteiger partial charge in [-0.2, -0.15) is 4.98 Å². The molecule has 2 N–H and O–H groups in total. The monoisotopic (exact) mass is 398 g/mol. The molecular weight excluding hydrogens is 376 g/mol. The molecule has 1 saturated carbocycles. The number of aromatic nitrogens is 5. The molecule has 1 atom stereocenters. The van der Waals surface area contributed by atoms with E-state index < -0.39 is 0 Å². The highest BCUT2D eigenvalue weighted by molar-refractivity contribution is 5.63. The predicted molar refractivity (Wildman–Crippen MR) is 113 cm³/mol. The molecule has 0 aliphatic heterocycles. The summed E-state index contributed by atoms with van der Waals surface area (Å²) in [5.41, 5.74) is 10.2. The largest absolute Gasteiger partial charge is 0.368 e. The normalized spacial score (nSPS) is 15.7. The van der Waals surface area contributed by atoms with Gasteiger partial charge in [0, 0.05) is 29.8 Å². The Morgan fingerprint density at radius 3 is 2.20 bits per heavy atom. The summed E-state index contributed by atoms with van der Waals surface area (Å²) in [5, 5.41) is 4.37. The molecule has 1 aliphatic rings. The summed E-state index contributed by atoms with van der Waals surface area (Å²) in [4.78, 5) is 17.2. The van der Waals surface area contributed by atoms with Gasteiger partial charge in [0.2, 0.25) is 5.95 Å². The van der Waals surface area contributed by atoms with Gasteiger partial charge in [0.1, 0.15) is 0 Å². The molecule has 4 aromatic rings. The van der Waals surface area contributed by atoms with Crippen LogP contribution in [0.5, 0.6) is 0 Å². The third-order valence-electron chi connectivity index (χ3n) is 5.93. The van der Waals surface area contributed by atoms with Gasteiger partial charge in [-0.25, -0.2) is 9.97 Å². The zero-order chi connectivity index (χ0) is 20.7. The molecule has 0 radical (unpaired) electrons. The molecule has 150 valence electrons. The number of anilines is 1. The molecule has 0 bridgehead atoms. The van der Waals surface area contributed by atoms with Crippen molar-refractivity contribution in [3.63, 3.8) is 0 Å². The van der Waals surface area contributed by atoms with Crippen LogP contribution in [-0.4, -0.2) is 25.1 Å². The first-order chi connectivity index (χ1) is 14.5. The molecule has 30 heavy (non-hydrogen) atoms. The van der Waals surface area contributed by atoms with Gasteiger partial charge in [0.05, 0.1) is 11.0 Å². The zero-order valence-electron chi connectivity index (χ0n) is 16.9. The molecule has 1 unspecified atom stereocenters. The van der Waals surface area contributed by atoms with E-state index in [1.165, 1.54) is 5.56 Å². The lowest BCUT2D eigenvalue weighted by Crippen LogP contribution is -2.28. The summed E-state index contributed by atoms with van der Waals surface area (Å²) < 4.78 is 5.61. The minimum atomic E-state index is -0.310. The quantitative estimate of drug-likeness (QED) is 0.537. The van der Waals surface area contributed by atoms with Crippen LogP contribution in [0.2, 0.25) is 0 Å². The van der Waals surface area contributed by atoms with Crippen LogP contribution >= 0.6 is 0 Å². The fourth-order valence-electron chi connectivity index (χ4n) is 3.85. The standard InChI is InChI=1S/C23H22N6O/c1-14-3-4-16(11-25-14)20-28-21(29-30-20)23(2,19-9-10-19)18-7-5-15(6-8-18)17-12-26-22(24)27-13-17/h3-8,11-13,19H,9-10H2,1-2H3,(H2,24,26,27). The molecule has 0 spiro atoms. The van der Waals surface area contributed by atoms with Gasteiger partial charge in [0.15, 0.2) is 5.82 Å². The number of hydrogen-bond donors (Lipinski definition) is 1. The van der Waals surface area contributed by atoms with E-state index in [1.54, 1.807) is 18.6 Å². The van der Waals surface area contributed by atoms with Gasteiger partial charge in [0.25, 0.3) is 5.89 Å². The molecule has 3 aromatic heterocycles. The molecule has 1 fully saturated rings. The van der Waals surface area contributed by atoms with Crippen LogP contribution in [0.3, 0.4) is 0 Å². The lowest BCUT2D eigenvalue weighted by Gasteiger charge is -2.27. The van der Waals surface area contributed by atoms with E-state index in [4.69, 9.17) is 15.2 Å². The highest BCUT2D eigenvalue weighted by Gasteiger charge is 2.47. The van der Waals surface area contributed by atoms with Crippen molar-refractivity contribution in [2.24, 2.45) is 5.92 Å². The number of pyridine rings is 1. The van der Waals surface area contributed by atoms with Crippen molar-refractivity contribution in [3.8, 4) is 22.6 Å². The van der Waals surface area contributed by atoms with E-state index in [-0.39, 0.29) is 11.4 Å². The van der Waals surface area contributed by atoms with Crippen LogP contribution in [0.15, 0.2) is 59.5 Å². The maximum atomic E-state index is 5.61. The van der Waals surface area contributed by atoms with E-state index in [2.05, 4.69) is 51.3 Å². The van der Waals surface area contributed by atoms with Gasteiger partial charge in [-0.15, -0.1) is 0 Å². The Kier molecular flexibility index (Phi) is 4.31. The average Bonchev–Trinajstić information content (AvgIpc) is 3.52. The number of nitrogen functional groups attached to an aromatic ring is 1. The second kappa shape index (κ2) is 7.02. The summed E-state index contributed by atoms with van der Waals surface area (Å²) in [6.45, 7) is 4.15. The van der Waals surface area contributed by atoms with Crippen molar-refractivity contribution in [1.29, 1.82) is 0 Å². The maximum absolute atomic E-state index is 5.61. The summed E-state index contributed by atoms with van der Waals surface area (Å²) in [5.74, 6) is 1.97. The summed E-state index contributed by atoms with van der Waals surface area (Å²) in [6.07, 6.45) is 7.54. The minimum Gasteiger partial charge on any atom is -0.368 e. The van der Waals surface area contributed by atoms with Crippen molar-refractivity contribution in [1.82, 2.24) is 25.1 Å². The summed E-state index contributed by atoms with van der Waals surface area (Å²) >= 11 is 0. The van der Waals surface area contributed by atoms with Crippen molar-refractivity contribution in [2.45, 2.75) is 32.1 Å². The lowest BCUT2D eigenvalue weighted by molar-refractivity contribution is 0.386. The van der Waals surface area contributed by atoms with Crippen LogP contribution in [0.1, 0.15) is 36.8 Å². The van der Waals surface area contributed by atoms with Gasteiger partial charge in [-0.3, -0.25) is 4.98 Å². The predicted octanol–water partition coefficient (Wildman–Crippen LogP) is 4.20. The third-order valence-corrected chi connectivity index (χ3v) is 5.93. The number of benzene rings is 1. The number of rotatable bonds is 5. The molecule has 0 saturated heterocycles. The van der Waals surface area contributed by atoms with Crippen molar-refractivity contribution in [2.75, 3.05) is 5.73 Å². The van der Waals surface area contributed by atoms with Gasteiger partial charge < -0.3 is 10.3 Å². The van der Waals surface area contributed by atoms with Crippen LogP contribution < -0.4 is 5.73 Å². The SMILES string of the molecule is Cc1ccc(-c2nc(C(C)(c3ccc(-c4cnc(N)nc4)cc3)C3CC3)no2)cn1. The second-order valence-corrected chi connectivity index (χ2v) is 8.00. The second-order valence-electron chi connectivity index (χ2n) is 8.00. The number of aryl methyl sites for hydroxylation is 1. The first kappa shape index (κ1) is 18.4. The molecule has 7 nitrogen and oxygen atoms in total. The molecule has 1 aliphatic carbocycles. The zero-order valence-corrected chi connectivity index (χ0v) is 16.9. The topological polar surface area (TPSA) is 104 Å². The summed E-state index contributed by atoms with van der Waals surface area (Å²) in [7, 11) is 0. The van der Waals surface area contributed by atoms with Crippen LogP contribution in [-0.2, 0) is 5.41 Å². The van der Waals surface area contributed by atoms with E-state index in [0.29, 0.717) is 17.6 Å². The van der Waals surface area contributed by atoms with Gasteiger partial charge >= 0.3 is 0 Å². The number of nitrogens with two attached hydrogens (primary N) is 1. The van der Waals surface area contributed by atoms with Crippen molar-refractivity contribution < 1.29 is 4.52 Å². The van der Waals surface area contributed by atoms with Crippen molar-refractivity contribution >= 4 is 5.95 Å². The molecule has 1 aromatic carbocycles. The maximum Gasteiger partial charge on any atom is 0.259 e. The highest BCUT2D eigenvalue weighted by Crippen LogP contribution is 2.50. The first-order valence-corrected chi connectivity index (χ1v) is 9.99. The third kappa shape index (κ3) is 3.22. The van der Waals surface area contributed by atoms with Crippen molar-refractivity contribution in [3.05, 3.63) is 72.1 Å². The average molecular weight is 398 g/mol. The fourth-order valence-corrected chi connectivity index (χ4v) is 3.85. The molecule has 3 heterocycles. The first-order valence-electron chi connectivity index (χ1n) is 9.99. The Bertz CT molecular complexity index is 1160. The minimum absolute atomic E-state index is 0.272. The lowest BCUT2D eigenvalue weighted by atomic mass is 9.76. The van der Waals surface area contributed by atoms with Gasteiger partial charge in [-0.1, -0.05) is 29.4 Å². The summed E-state index contributed by atoms with van der Waals surface area (Å²) in [6, 6.07) is 12.3. The Morgan fingerprint density at radius 2 is 1.57 bits per heavy atom. The molecular formula is C23H22N6O. The molecule has 5 rings (SSSR count). The van der Waals surface area contributed by atoms with E-state index in [9.17, 15) is 0 Å². The Labute approximate surface area is 174 Å². The highest BCUT2D eigenvalue weighted by atomic mass is 16.5. The number of nitrogens with zero attached hydrogens (tertiary/aromatic N) is 5. The van der Waals surface area contributed by atoms with Crippen LogP contribution in [0.25, 0.3) is 22.6 Å². The van der Waals surface area contributed by atoms with Gasteiger partial charge in [-0.05, 0) is 55.9 Å². The Hall–Kier alpha value is -3.61.